The first-order chi connectivity index (χ1) is 10.3. The number of aryl methyl sites for hydroxylation is 1. The van der Waals surface area contributed by atoms with Crippen molar-refractivity contribution >= 4 is 11.9 Å². The summed E-state index contributed by atoms with van der Waals surface area (Å²) in [5, 5.41) is 12.7. The Hall–Kier alpha value is -2.28. The number of H-pyrrole nitrogens is 1. The number of hydrogen-bond acceptors (Lipinski definition) is 4. The molecule has 1 amide bonds. The number of rotatable bonds is 5. The maximum absolute atomic E-state index is 11.8. The highest BCUT2D eigenvalue weighted by Gasteiger charge is 2.17. The van der Waals surface area contributed by atoms with Crippen molar-refractivity contribution in [3.8, 4) is 0 Å². The molecule has 0 spiro atoms. The van der Waals surface area contributed by atoms with Crippen LogP contribution in [0.15, 0.2) is 24.7 Å². The van der Waals surface area contributed by atoms with Crippen molar-refractivity contribution in [2.24, 2.45) is 7.05 Å². The highest BCUT2D eigenvalue weighted by molar-refractivity contribution is 5.84. The van der Waals surface area contributed by atoms with E-state index >= 15 is 0 Å². The monoisotopic (exact) mass is 305 g/mol. The van der Waals surface area contributed by atoms with Gasteiger partial charge in [0.2, 0.25) is 0 Å². The molecule has 0 radical (unpaired) electrons. The SMILES string of the molecule is Cn1ccc(CNCc2cn[nH]c2NC(=O)OC(C)(C)C)c1. The lowest BCUT2D eigenvalue weighted by Gasteiger charge is -2.19. The van der Waals surface area contributed by atoms with E-state index < -0.39 is 11.7 Å². The topological polar surface area (TPSA) is 84.0 Å². The average Bonchev–Trinajstić information content (AvgIpc) is 2.97. The quantitative estimate of drug-likeness (QED) is 0.792. The van der Waals surface area contributed by atoms with Crippen LogP contribution in [0.4, 0.5) is 10.6 Å². The normalized spacial score (nSPS) is 11.5. The number of amides is 1. The van der Waals surface area contributed by atoms with Crippen LogP contribution in [-0.2, 0) is 24.9 Å². The lowest BCUT2D eigenvalue weighted by atomic mass is 10.2. The molecule has 2 rings (SSSR count). The van der Waals surface area contributed by atoms with Crippen LogP contribution in [-0.4, -0.2) is 26.5 Å². The van der Waals surface area contributed by atoms with E-state index in [1.54, 1.807) is 6.20 Å². The van der Waals surface area contributed by atoms with Gasteiger partial charge in [-0.15, -0.1) is 0 Å². The number of carbonyl (C=O) groups excluding carboxylic acids is 1. The van der Waals surface area contributed by atoms with Crippen LogP contribution < -0.4 is 10.6 Å². The summed E-state index contributed by atoms with van der Waals surface area (Å²) < 4.78 is 7.23. The van der Waals surface area contributed by atoms with Crippen molar-refractivity contribution < 1.29 is 9.53 Å². The zero-order valence-corrected chi connectivity index (χ0v) is 13.4. The molecule has 120 valence electrons. The maximum atomic E-state index is 11.8. The molecule has 0 atom stereocenters. The Morgan fingerprint density at radius 2 is 2.18 bits per heavy atom. The van der Waals surface area contributed by atoms with Crippen molar-refractivity contribution in [1.82, 2.24) is 20.1 Å². The number of carbonyl (C=O) groups is 1. The molecule has 7 heteroatoms. The Kier molecular flexibility index (Phi) is 4.87. The van der Waals surface area contributed by atoms with Gasteiger partial charge in [0, 0.05) is 38.1 Å². The summed E-state index contributed by atoms with van der Waals surface area (Å²) in [7, 11) is 1.99. The molecule has 22 heavy (non-hydrogen) atoms. The number of nitrogens with one attached hydrogen (secondary N) is 3. The van der Waals surface area contributed by atoms with Gasteiger partial charge in [-0.1, -0.05) is 0 Å². The Bertz CT molecular complexity index is 624. The van der Waals surface area contributed by atoms with E-state index in [1.165, 1.54) is 5.56 Å². The third kappa shape index (κ3) is 4.92. The van der Waals surface area contributed by atoms with E-state index in [-0.39, 0.29) is 0 Å². The molecule has 0 saturated heterocycles. The summed E-state index contributed by atoms with van der Waals surface area (Å²) in [6.45, 7) is 6.81. The molecule has 0 aliphatic rings. The van der Waals surface area contributed by atoms with Crippen LogP contribution in [0.5, 0.6) is 0 Å². The van der Waals surface area contributed by atoms with Gasteiger partial charge in [0.15, 0.2) is 0 Å². The van der Waals surface area contributed by atoms with Gasteiger partial charge in [0.25, 0.3) is 0 Å². The minimum atomic E-state index is -0.532. The predicted molar refractivity (Wildman–Crippen MR) is 84.4 cm³/mol. The zero-order valence-electron chi connectivity index (χ0n) is 13.4. The van der Waals surface area contributed by atoms with Crippen molar-refractivity contribution in [3.63, 3.8) is 0 Å². The van der Waals surface area contributed by atoms with E-state index in [9.17, 15) is 4.79 Å². The van der Waals surface area contributed by atoms with Gasteiger partial charge >= 0.3 is 6.09 Å². The first kappa shape index (κ1) is 16.1. The molecule has 3 N–H and O–H groups in total. The van der Waals surface area contributed by atoms with Gasteiger partial charge in [-0.3, -0.25) is 10.4 Å². The molecule has 0 aliphatic carbocycles. The number of aromatic amines is 1. The van der Waals surface area contributed by atoms with Crippen LogP contribution in [0.2, 0.25) is 0 Å². The molecule has 0 unspecified atom stereocenters. The third-order valence-corrected chi connectivity index (χ3v) is 2.88. The van der Waals surface area contributed by atoms with Gasteiger partial charge in [-0.05, 0) is 32.4 Å². The first-order valence-electron chi connectivity index (χ1n) is 7.17. The fourth-order valence-electron chi connectivity index (χ4n) is 1.97. The highest BCUT2D eigenvalue weighted by Crippen LogP contribution is 2.14. The smallest absolute Gasteiger partial charge is 0.413 e. The van der Waals surface area contributed by atoms with Gasteiger partial charge in [-0.25, -0.2) is 4.79 Å². The summed E-state index contributed by atoms with van der Waals surface area (Å²) >= 11 is 0. The maximum Gasteiger partial charge on any atom is 0.413 e. The van der Waals surface area contributed by atoms with Crippen LogP contribution in [0, 0.1) is 0 Å². The summed E-state index contributed by atoms with van der Waals surface area (Å²) in [5.74, 6) is 0.551. The molecule has 7 nitrogen and oxygen atoms in total. The zero-order chi connectivity index (χ0) is 16.2. The summed E-state index contributed by atoms with van der Waals surface area (Å²) in [5.41, 5.74) is 1.55. The standard InChI is InChI=1S/C15H23N5O2/c1-15(2,3)22-14(21)18-13-12(9-17-19-13)8-16-7-11-5-6-20(4)10-11/h5-6,9-10,16H,7-8H2,1-4H3,(H2,17,18,19,21). The van der Waals surface area contributed by atoms with E-state index in [1.807, 2.05) is 38.6 Å². The average molecular weight is 305 g/mol. The third-order valence-electron chi connectivity index (χ3n) is 2.88. The van der Waals surface area contributed by atoms with Crippen LogP contribution in [0.25, 0.3) is 0 Å². The number of anilines is 1. The molecule has 0 aliphatic heterocycles. The van der Waals surface area contributed by atoms with Crippen LogP contribution in [0.1, 0.15) is 31.9 Å². The predicted octanol–water partition coefficient (Wildman–Crippen LogP) is 2.39. The van der Waals surface area contributed by atoms with Crippen molar-refractivity contribution in [2.75, 3.05) is 5.32 Å². The summed E-state index contributed by atoms with van der Waals surface area (Å²) in [6.07, 6.45) is 5.25. The Labute approximate surface area is 130 Å². The largest absolute Gasteiger partial charge is 0.444 e. The van der Waals surface area contributed by atoms with E-state index in [2.05, 4.69) is 33.1 Å². The minimum Gasteiger partial charge on any atom is -0.444 e. The van der Waals surface area contributed by atoms with E-state index in [0.717, 1.165) is 12.1 Å². The lowest BCUT2D eigenvalue weighted by molar-refractivity contribution is 0.0635. The highest BCUT2D eigenvalue weighted by atomic mass is 16.6. The molecule has 2 aromatic heterocycles. The summed E-state index contributed by atoms with van der Waals surface area (Å²) in [4.78, 5) is 11.8. The molecule has 2 aromatic rings. The number of hydrogen-bond donors (Lipinski definition) is 3. The first-order valence-corrected chi connectivity index (χ1v) is 7.17. The van der Waals surface area contributed by atoms with Gasteiger partial charge < -0.3 is 14.6 Å². The van der Waals surface area contributed by atoms with Crippen LogP contribution >= 0.6 is 0 Å². The van der Waals surface area contributed by atoms with Gasteiger partial charge in [-0.2, -0.15) is 5.10 Å². The molecular formula is C15H23N5O2. The number of nitrogens with zero attached hydrogens (tertiary/aromatic N) is 2. The molecule has 0 saturated carbocycles. The molecular weight excluding hydrogens is 282 g/mol. The Morgan fingerprint density at radius 3 is 2.82 bits per heavy atom. The minimum absolute atomic E-state index is 0.499. The van der Waals surface area contributed by atoms with Crippen molar-refractivity contribution in [2.45, 2.75) is 39.5 Å². The van der Waals surface area contributed by atoms with Gasteiger partial charge in [0.05, 0.1) is 6.20 Å². The van der Waals surface area contributed by atoms with Crippen molar-refractivity contribution in [3.05, 3.63) is 35.8 Å². The lowest BCUT2D eigenvalue weighted by Crippen LogP contribution is -2.27. The molecule has 0 bridgehead atoms. The van der Waals surface area contributed by atoms with E-state index in [4.69, 9.17) is 4.74 Å². The number of ether oxygens (including phenoxy) is 1. The Morgan fingerprint density at radius 1 is 1.41 bits per heavy atom. The fraction of sp³-hybridized carbons (Fsp3) is 0.467. The molecule has 2 heterocycles. The second-order valence-electron chi connectivity index (χ2n) is 6.19. The van der Waals surface area contributed by atoms with Crippen LogP contribution in [0.3, 0.4) is 0 Å². The molecule has 0 aromatic carbocycles. The van der Waals surface area contributed by atoms with Gasteiger partial charge in [0.1, 0.15) is 11.4 Å². The van der Waals surface area contributed by atoms with E-state index in [0.29, 0.717) is 12.4 Å². The fourth-order valence-corrected chi connectivity index (χ4v) is 1.97. The van der Waals surface area contributed by atoms with Crippen molar-refractivity contribution in [1.29, 1.82) is 0 Å². The number of aromatic nitrogens is 3. The second kappa shape index (κ2) is 6.65. The Balaban J connectivity index is 1.85. The summed E-state index contributed by atoms with van der Waals surface area (Å²) in [6, 6.07) is 2.06. The molecule has 0 fully saturated rings. The second-order valence-corrected chi connectivity index (χ2v) is 6.19.